The van der Waals surface area contributed by atoms with Crippen LogP contribution in [0.5, 0.6) is 0 Å². The van der Waals surface area contributed by atoms with E-state index in [4.69, 9.17) is 4.74 Å². The third kappa shape index (κ3) is 2.58. The highest BCUT2D eigenvalue weighted by molar-refractivity contribution is 6.04. The zero-order chi connectivity index (χ0) is 11.4. The topological polar surface area (TPSA) is 67.4 Å². The van der Waals surface area contributed by atoms with Gasteiger partial charge in [0.1, 0.15) is 6.04 Å². The lowest BCUT2D eigenvalue weighted by atomic mass is 10.2. The molecule has 5 heteroatoms. The number of nitrogens with one attached hydrogen (secondary N) is 2. The van der Waals surface area contributed by atoms with Gasteiger partial charge in [-0.25, -0.2) is 4.79 Å². The molecule has 3 amide bonds. The highest BCUT2D eigenvalue weighted by Crippen LogP contribution is 2.02. The molecule has 16 heavy (non-hydrogen) atoms. The lowest BCUT2D eigenvalue weighted by molar-refractivity contribution is -0.121. The largest absolute Gasteiger partial charge is 0.374 e. The second-order valence-corrected chi connectivity index (χ2v) is 3.52. The van der Waals surface area contributed by atoms with Crippen LogP contribution in [0.2, 0.25) is 0 Å². The maximum absolute atomic E-state index is 11.2. The van der Waals surface area contributed by atoms with E-state index >= 15 is 0 Å². The lowest BCUT2D eigenvalue weighted by Crippen LogP contribution is -2.33. The van der Waals surface area contributed by atoms with Crippen molar-refractivity contribution in [1.82, 2.24) is 10.6 Å². The van der Waals surface area contributed by atoms with Gasteiger partial charge in [-0.2, -0.15) is 0 Å². The van der Waals surface area contributed by atoms with Crippen molar-refractivity contribution in [3.8, 4) is 0 Å². The van der Waals surface area contributed by atoms with Crippen molar-refractivity contribution in [3.63, 3.8) is 0 Å². The van der Waals surface area contributed by atoms with Gasteiger partial charge in [-0.15, -0.1) is 0 Å². The summed E-state index contributed by atoms with van der Waals surface area (Å²) in [4.78, 5) is 22.0. The Hall–Kier alpha value is -1.88. The van der Waals surface area contributed by atoms with Crippen LogP contribution in [0.1, 0.15) is 5.56 Å². The summed E-state index contributed by atoms with van der Waals surface area (Å²) in [5.74, 6) is -0.335. The zero-order valence-corrected chi connectivity index (χ0v) is 8.60. The molecule has 84 valence electrons. The quantitative estimate of drug-likeness (QED) is 0.722. The smallest absolute Gasteiger partial charge is 0.322 e. The van der Waals surface area contributed by atoms with Gasteiger partial charge in [-0.3, -0.25) is 10.1 Å². The summed E-state index contributed by atoms with van der Waals surface area (Å²) in [7, 11) is 0. The van der Waals surface area contributed by atoms with Crippen molar-refractivity contribution in [1.29, 1.82) is 0 Å². The minimum Gasteiger partial charge on any atom is -0.374 e. The number of amides is 3. The average Bonchev–Trinajstić information content (AvgIpc) is 2.59. The summed E-state index contributed by atoms with van der Waals surface area (Å²) in [6.07, 6.45) is 0. The van der Waals surface area contributed by atoms with E-state index in [0.29, 0.717) is 6.61 Å². The Morgan fingerprint density at radius 1 is 1.19 bits per heavy atom. The van der Waals surface area contributed by atoms with E-state index in [1.807, 2.05) is 30.3 Å². The Bertz CT molecular complexity index is 391. The SMILES string of the molecule is O=C1NC(=O)C(COCc2ccccc2)N1. The monoisotopic (exact) mass is 220 g/mol. The van der Waals surface area contributed by atoms with Gasteiger partial charge in [0.05, 0.1) is 13.2 Å². The van der Waals surface area contributed by atoms with E-state index in [0.717, 1.165) is 5.56 Å². The van der Waals surface area contributed by atoms with Crippen LogP contribution in [0.3, 0.4) is 0 Å². The lowest BCUT2D eigenvalue weighted by Gasteiger charge is -2.08. The average molecular weight is 220 g/mol. The van der Waals surface area contributed by atoms with Gasteiger partial charge >= 0.3 is 6.03 Å². The summed E-state index contributed by atoms with van der Waals surface area (Å²) in [5, 5.41) is 4.61. The number of ether oxygens (including phenoxy) is 1. The van der Waals surface area contributed by atoms with E-state index in [1.54, 1.807) is 0 Å². The Kier molecular flexibility index (Phi) is 3.16. The molecule has 1 unspecified atom stereocenters. The van der Waals surface area contributed by atoms with Gasteiger partial charge in [0, 0.05) is 0 Å². The molecule has 2 N–H and O–H groups in total. The van der Waals surface area contributed by atoms with Crippen LogP contribution >= 0.6 is 0 Å². The van der Waals surface area contributed by atoms with Crippen molar-refractivity contribution in [2.75, 3.05) is 6.61 Å². The molecule has 0 radical (unpaired) electrons. The molecule has 0 bridgehead atoms. The third-order valence-electron chi connectivity index (χ3n) is 2.25. The Balaban J connectivity index is 1.76. The maximum atomic E-state index is 11.2. The molecule has 1 aromatic carbocycles. The molecule has 1 fully saturated rings. The highest BCUT2D eigenvalue weighted by Gasteiger charge is 2.29. The number of rotatable bonds is 4. The molecular weight excluding hydrogens is 208 g/mol. The summed E-state index contributed by atoms with van der Waals surface area (Å²) in [5.41, 5.74) is 1.03. The molecule has 0 spiro atoms. The Morgan fingerprint density at radius 3 is 2.56 bits per heavy atom. The van der Waals surface area contributed by atoms with Crippen molar-refractivity contribution in [3.05, 3.63) is 35.9 Å². The first-order valence-electron chi connectivity index (χ1n) is 4.99. The third-order valence-corrected chi connectivity index (χ3v) is 2.25. The molecule has 1 aromatic rings. The maximum Gasteiger partial charge on any atom is 0.322 e. The predicted octanol–water partition coefficient (Wildman–Crippen LogP) is 0.411. The fraction of sp³-hybridized carbons (Fsp3) is 0.273. The first-order valence-corrected chi connectivity index (χ1v) is 4.99. The zero-order valence-electron chi connectivity index (χ0n) is 8.60. The van der Waals surface area contributed by atoms with Gasteiger partial charge in [-0.1, -0.05) is 30.3 Å². The Morgan fingerprint density at radius 2 is 1.94 bits per heavy atom. The molecule has 1 aliphatic rings. The normalized spacial score (nSPS) is 19.4. The molecule has 5 nitrogen and oxygen atoms in total. The second kappa shape index (κ2) is 4.76. The molecule has 1 saturated heterocycles. The van der Waals surface area contributed by atoms with Gasteiger partial charge in [-0.05, 0) is 5.56 Å². The summed E-state index contributed by atoms with van der Waals surface area (Å²) >= 11 is 0. The van der Waals surface area contributed by atoms with E-state index < -0.39 is 12.1 Å². The predicted molar refractivity (Wildman–Crippen MR) is 56.6 cm³/mol. The number of hydrogen-bond donors (Lipinski definition) is 2. The van der Waals surface area contributed by atoms with Crippen molar-refractivity contribution < 1.29 is 14.3 Å². The fourth-order valence-electron chi connectivity index (χ4n) is 1.45. The first kappa shape index (κ1) is 10.6. The van der Waals surface area contributed by atoms with Crippen molar-refractivity contribution in [2.45, 2.75) is 12.6 Å². The molecule has 2 rings (SSSR count). The van der Waals surface area contributed by atoms with Crippen LogP contribution in [-0.4, -0.2) is 24.6 Å². The number of carbonyl (C=O) groups excluding carboxylic acids is 2. The molecule has 1 aliphatic heterocycles. The van der Waals surface area contributed by atoms with E-state index in [1.165, 1.54) is 0 Å². The molecule has 0 aromatic heterocycles. The van der Waals surface area contributed by atoms with Crippen LogP contribution in [0.15, 0.2) is 30.3 Å². The Labute approximate surface area is 92.8 Å². The van der Waals surface area contributed by atoms with Crippen molar-refractivity contribution in [2.24, 2.45) is 0 Å². The number of urea groups is 1. The van der Waals surface area contributed by atoms with Gasteiger partial charge in [0.2, 0.25) is 0 Å². The van der Waals surface area contributed by atoms with E-state index in [-0.39, 0.29) is 12.5 Å². The minimum atomic E-state index is -0.573. The van der Waals surface area contributed by atoms with Gasteiger partial charge in [0.25, 0.3) is 5.91 Å². The van der Waals surface area contributed by atoms with Gasteiger partial charge in [0.15, 0.2) is 0 Å². The molecular formula is C11H12N2O3. The highest BCUT2D eigenvalue weighted by atomic mass is 16.5. The number of imide groups is 1. The van der Waals surface area contributed by atoms with Gasteiger partial charge < -0.3 is 10.1 Å². The number of benzene rings is 1. The molecule has 0 saturated carbocycles. The van der Waals surface area contributed by atoms with Crippen LogP contribution < -0.4 is 10.6 Å². The van der Waals surface area contributed by atoms with Crippen LogP contribution in [-0.2, 0) is 16.1 Å². The summed E-state index contributed by atoms with van der Waals surface area (Å²) in [6.45, 7) is 0.618. The molecule has 1 atom stereocenters. The first-order chi connectivity index (χ1) is 7.75. The standard InChI is InChI=1S/C11H12N2O3/c14-10-9(12-11(15)13-10)7-16-6-8-4-2-1-3-5-8/h1-5,9H,6-7H2,(H2,12,13,14,15). The van der Waals surface area contributed by atoms with E-state index in [9.17, 15) is 9.59 Å². The minimum absolute atomic E-state index is 0.187. The number of carbonyl (C=O) groups is 2. The fourth-order valence-corrected chi connectivity index (χ4v) is 1.45. The van der Waals surface area contributed by atoms with Crippen LogP contribution in [0.4, 0.5) is 4.79 Å². The van der Waals surface area contributed by atoms with Crippen LogP contribution in [0.25, 0.3) is 0 Å². The number of hydrogen-bond acceptors (Lipinski definition) is 3. The molecule has 0 aliphatic carbocycles. The summed E-state index contributed by atoms with van der Waals surface area (Å²) < 4.78 is 5.35. The molecule has 1 heterocycles. The van der Waals surface area contributed by atoms with E-state index in [2.05, 4.69) is 10.6 Å². The van der Waals surface area contributed by atoms with Crippen LogP contribution in [0, 0.1) is 0 Å². The second-order valence-electron chi connectivity index (χ2n) is 3.52. The van der Waals surface area contributed by atoms with Crippen molar-refractivity contribution >= 4 is 11.9 Å². The summed E-state index contributed by atoms with van der Waals surface area (Å²) in [6, 6.07) is 8.61.